The lowest BCUT2D eigenvalue weighted by Crippen LogP contribution is -2.40. The summed E-state index contributed by atoms with van der Waals surface area (Å²) in [6.45, 7) is 1.92. The van der Waals surface area contributed by atoms with Gasteiger partial charge in [-0.05, 0) is 47.7 Å². The van der Waals surface area contributed by atoms with E-state index in [4.69, 9.17) is 11.6 Å². The van der Waals surface area contributed by atoms with Gasteiger partial charge in [-0.25, -0.2) is 13.1 Å². The molecule has 17 heavy (non-hydrogen) atoms. The van der Waals surface area contributed by atoms with Gasteiger partial charge < -0.3 is 0 Å². The Morgan fingerprint density at radius 2 is 2.24 bits per heavy atom. The van der Waals surface area contributed by atoms with Crippen molar-refractivity contribution in [2.24, 2.45) is 5.92 Å². The highest BCUT2D eigenvalue weighted by molar-refractivity contribution is 9.11. The fraction of sp³-hybridized carbons (Fsp3) is 0.600. The number of sulfonamides is 1. The van der Waals surface area contributed by atoms with Crippen molar-refractivity contribution in [1.29, 1.82) is 0 Å². The minimum atomic E-state index is -3.43. The van der Waals surface area contributed by atoms with E-state index >= 15 is 0 Å². The molecule has 1 heterocycles. The van der Waals surface area contributed by atoms with Gasteiger partial charge >= 0.3 is 0 Å². The van der Waals surface area contributed by atoms with Crippen molar-refractivity contribution >= 4 is 48.9 Å². The van der Waals surface area contributed by atoms with Crippen LogP contribution in [0.1, 0.15) is 26.2 Å². The average Bonchev–Trinajstić information content (AvgIpc) is 2.43. The third-order valence-corrected chi connectivity index (χ3v) is 7.59. The molecule has 96 valence electrons. The lowest BCUT2D eigenvalue weighted by Gasteiger charge is -2.31. The first-order chi connectivity index (χ1) is 7.90. The Labute approximate surface area is 119 Å². The van der Waals surface area contributed by atoms with E-state index < -0.39 is 10.0 Å². The van der Waals surface area contributed by atoms with Crippen molar-refractivity contribution in [3.05, 3.63) is 14.9 Å². The highest BCUT2D eigenvalue weighted by Gasteiger charge is 2.28. The summed E-state index contributed by atoms with van der Waals surface area (Å²) in [6.07, 6.45) is 3.42. The van der Waals surface area contributed by atoms with E-state index in [0.29, 0.717) is 14.7 Å². The standard InChI is InChI=1S/C10H13BrClNO2S2/c1-6(7-3-2-4-7)13-17(14,15)9-5-8(12)10(11)16-9/h5-7,13H,2-4H2,1H3. The van der Waals surface area contributed by atoms with Gasteiger partial charge in [-0.3, -0.25) is 0 Å². The molecule has 0 aliphatic heterocycles. The van der Waals surface area contributed by atoms with Crippen LogP contribution in [0.15, 0.2) is 14.1 Å². The minimum Gasteiger partial charge on any atom is -0.207 e. The number of nitrogens with one attached hydrogen (secondary N) is 1. The van der Waals surface area contributed by atoms with Gasteiger partial charge in [0, 0.05) is 6.04 Å². The van der Waals surface area contributed by atoms with Crippen LogP contribution in [-0.4, -0.2) is 14.5 Å². The Morgan fingerprint density at radius 1 is 1.59 bits per heavy atom. The second-order valence-electron chi connectivity index (χ2n) is 4.29. The summed E-state index contributed by atoms with van der Waals surface area (Å²) in [5.41, 5.74) is 0. The van der Waals surface area contributed by atoms with E-state index in [0.717, 1.165) is 24.2 Å². The van der Waals surface area contributed by atoms with Crippen molar-refractivity contribution in [1.82, 2.24) is 4.72 Å². The van der Waals surface area contributed by atoms with Crippen LogP contribution in [0, 0.1) is 5.92 Å². The molecule has 0 bridgehead atoms. The molecular formula is C10H13BrClNO2S2. The first-order valence-electron chi connectivity index (χ1n) is 5.37. The topological polar surface area (TPSA) is 46.2 Å². The number of hydrogen-bond acceptors (Lipinski definition) is 3. The van der Waals surface area contributed by atoms with E-state index in [2.05, 4.69) is 20.7 Å². The minimum absolute atomic E-state index is 0.00611. The first kappa shape index (κ1) is 13.8. The molecule has 7 heteroatoms. The Morgan fingerprint density at radius 3 is 2.65 bits per heavy atom. The number of rotatable bonds is 4. The van der Waals surface area contributed by atoms with Crippen molar-refractivity contribution in [3.63, 3.8) is 0 Å². The molecule has 3 nitrogen and oxygen atoms in total. The van der Waals surface area contributed by atoms with E-state index in [-0.39, 0.29) is 10.3 Å². The summed E-state index contributed by atoms with van der Waals surface area (Å²) >= 11 is 10.2. The van der Waals surface area contributed by atoms with Crippen molar-refractivity contribution < 1.29 is 8.42 Å². The van der Waals surface area contributed by atoms with Crippen LogP contribution in [0.2, 0.25) is 5.02 Å². The molecule has 1 aliphatic carbocycles. The first-order valence-corrected chi connectivity index (χ1v) is 8.84. The third-order valence-electron chi connectivity index (χ3n) is 3.09. The van der Waals surface area contributed by atoms with Gasteiger partial charge in [-0.15, -0.1) is 11.3 Å². The Kier molecular flexibility index (Phi) is 4.20. The van der Waals surface area contributed by atoms with Gasteiger partial charge in [0.15, 0.2) is 0 Å². The van der Waals surface area contributed by atoms with Gasteiger partial charge in [-0.2, -0.15) is 0 Å². The van der Waals surface area contributed by atoms with E-state index in [9.17, 15) is 8.42 Å². The molecule has 0 aromatic carbocycles. The molecular weight excluding hydrogens is 346 g/mol. The smallest absolute Gasteiger partial charge is 0.207 e. The van der Waals surface area contributed by atoms with Crippen LogP contribution in [-0.2, 0) is 10.0 Å². The second-order valence-corrected chi connectivity index (χ2v) is 9.01. The molecule has 1 aromatic heterocycles. The molecule has 1 atom stereocenters. The van der Waals surface area contributed by atoms with Gasteiger partial charge in [0.2, 0.25) is 10.0 Å². The van der Waals surface area contributed by atoms with Gasteiger partial charge in [0.05, 0.1) is 8.81 Å². The fourth-order valence-electron chi connectivity index (χ4n) is 1.80. The zero-order chi connectivity index (χ0) is 12.6. The van der Waals surface area contributed by atoms with Crippen LogP contribution in [0.5, 0.6) is 0 Å². The molecule has 2 rings (SSSR count). The molecule has 0 amide bonds. The highest BCUT2D eigenvalue weighted by Crippen LogP contribution is 2.35. The van der Waals surface area contributed by atoms with Crippen molar-refractivity contribution in [3.8, 4) is 0 Å². The average molecular weight is 359 g/mol. The summed E-state index contributed by atoms with van der Waals surface area (Å²) < 4.78 is 27.8. The Hall–Kier alpha value is 0.380. The normalized spacial score (nSPS) is 19.0. The third kappa shape index (κ3) is 3.04. The number of thiophene rings is 1. The predicted molar refractivity (Wildman–Crippen MR) is 74.2 cm³/mol. The van der Waals surface area contributed by atoms with Crippen LogP contribution in [0.3, 0.4) is 0 Å². The summed E-state index contributed by atoms with van der Waals surface area (Å²) in [5, 5.41) is 0.437. The predicted octanol–water partition coefficient (Wildman–Crippen LogP) is 3.63. The SMILES string of the molecule is CC(NS(=O)(=O)c1cc(Cl)c(Br)s1)C1CCC1. The molecule has 1 N–H and O–H groups in total. The fourth-order valence-corrected chi connectivity index (χ4v) is 5.53. The van der Waals surface area contributed by atoms with E-state index in [1.807, 2.05) is 6.92 Å². The van der Waals surface area contributed by atoms with Gasteiger partial charge in [-0.1, -0.05) is 18.0 Å². The Bertz CT molecular complexity index is 491. The second kappa shape index (κ2) is 5.17. The van der Waals surface area contributed by atoms with Crippen LogP contribution in [0.25, 0.3) is 0 Å². The molecule has 1 aromatic rings. The quantitative estimate of drug-likeness (QED) is 0.893. The van der Waals surface area contributed by atoms with Crippen molar-refractivity contribution in [2.45, 2.75) is 36.4 Å². The molecule has 0 radical (unpaired) electrons. The van der Waals surface area contributed by atoms with Crippen LogP contribution in [0.4, 0.5) is 0 Å². The zero-order valence-corrected chi connectivity index (χ0v) is 13.2. The summed E-state index contributed by atoms with van der Waals surface area (Å²) in [5.74, 6) is 0.476. The largest absolute Gasteiger partial charge is 0.250 e. The summed E-state index contributed by atoms with van der Waals surface area (Å²) in [4.78, 5) is 0. The number of hydrogen-bond donors (Lipinski definition) is 1. The molecule has 1 unspecified atom stereocenters. The van der Waals surface area contributed by atoms with Gasteiger partial charge in [0.25, 0.3) is 0 Å². The van der Waals surface area contributed by atoms with E-state index in [1.165, 1.54) is 12.5 Å². The lowest BCUT2D eigenvalue weighted by atomic mass is 9.81. The molecule has 0 spiro atoms. The monoisotopic (exact) mass is 357 g/mol. The summed E-state index contributed by atoms with van der Waals surface area (Å²) in [6, 6.07) is 1.47. The summed E-state index contributed by atoms with van der Waals surface area (Å²) in [7, 11) is -3.43. The maximum Gasteiger partial charge on any atom is 0.250 e. The highest BCUT2D eigenvalue weighted by atomic mass is 79.9. The maximum atomic E-state index is 12.1. The van der Waals surface area contributed by atoms with Crippen LogP contribution < -0.4 is 4.72 Å². The molecule has 1 fully saturated rings. The zero-order valence-electron chi connectivity index (χ0n) is 9.24. The van der Waals surface area contributed by atoms with Crippen molar-refractivity contribution in [2.75, 3.05) is 0 Å². The Balaban J connectivity index is 2.12. The van der Waals surface area contributed by atoms with Gasteiger partial charge in [0.1, 0.15) is 4.21 Å². The van der Waals surface area contributed by atoms with E-state index in [1.54, 1.807) is 0 Å². The number of halogens is 2. The lowest BCUT2D eigenvalue weighted by molar-refractivity contribution is 0.260. The molecule has 1 saturated carbocycles. The molecule has 1 aliphatic rings. The van der Waals surface area contributed by atoms with Crippen LogP contribution >= 0.6 is 38.9 Å². The maximum absolute atomic E-state index is 12.1. The molecule has 0 saturated heterocycles.